The molecule has 0 aliphatic carbocycles. The number of rotatable bonds is 7. The summed E-state index contributed by atoms with van der Waals surface area (Å²) >= 11 is 3.30. The first-order valence-electron chi connectivity index (χ1n) is 6.29. The minimum Gasteiger partial charge on any atom is -0.354 e. The molecule has 0 unspecified atom stereocenters. The van der Waals surface area contributed by atoms with Crippen LogP contribution in [0.15, 0.2) is 28.7 Å². The topological polar surface area (TPSA) is 75.3 Å². The zero-order valence-corrected chi connectivity index (χ0v) is 12.8. The Kier molecular flexibility index (Phi) is 6.93. The van der Waals surface area contributed by atoms with Crippen LogP contribution in [0.4, 0.5) is 0 Å². The maximum Gasteiger partial charge on any atom is 0.251 e. The number of halogens is 1. The van der Waals surface area contributed by atoms with Crippen molar-refractivity contribution in [3.05, 3.63) is 34.3 Å². The van der Waals surface area contributed by atoms with E-state index >= 15 is 0 Å². The molecular weight excluding hydrogens is 324 g/mol. The largest absolute Gasteiger partial charge is 0.354 e. The van der Waals surface area contributed by atoms with Crippen molar-refractivity contribution < 1.29 is 14.4 Å². The molecule has 1 rings (SSSR count). The molecule has 0 saturated carbocycles. The minimum atomic E-state index is -0.190. The molecule has 6 heteroatoms. The fourth-order valence-corrected chi connectivity index (χ4v) is 1.89. The number of nitrogens with one attached hydrogen (secondary N) is 2. The van der Waals surface area contributed by atoms with Crippen LogP contribution in [-0.2, 0) is 9.59 Å². The Morgan fingerprint density at radius 3 is 2.45 bits per heavy atom. The summed E-state index contributed by atoms with van der Waals surface area (Å²) in [5, 5.41) is 5.35. The van der Waals surface area contributed by atoms with Gasteiger partial charge in [-0.15, -0.1) is 0 Å². The molecule has 20 heavy (non-hydrogen) atoms. The zero-order valence-electron chi connectivity index (χ0n) is 11.2. The highest BCUT2D eigenvalue weighted by molar-refractivity contribution is 9.10. The second-order valence-corrected chi connectivity index (χ2v) is 5.23. The predicted molar refractivity (Wildman–Crippen MR) is 79.4 cm³/mol. The first kappa shape index (κ1) is 16.4. The van der Waals surface area contributed by atoms with Crippen LogP contribution >= 0.6 is 15.9 Å². The number of amides is 2. The van der Waals surface area contributed by atoms with E-state index in [1.165, 1.54) is 6.92 Å². The number of benzene rings is 1. The van der Waals surface area contributed by atoms with Crippen LogP contribution in [0.3, 0.4) is 0 Å². The Morgan fingerprint density at radius 2 is 1.80 bits per heavy atom. The van der Waals surface area contributed by atoms with Crippen LogP contribution in [-0.4, -0.2) is 30.7 Å². The normalized spacial score (nSPS) is 9.90. The number of carbonyl (C=O) groups excluding carboxylic acids is 3. The molecule has 0 atom stereocenters. The third kappa shape index (κ3) is 6.47. The van der Waals surface area contributed by atoms with Gasteiger partial charge in [-0.2, -0.15) is 0 Å². The number of Topliss-reactive ketones (excluding diaryl/α,β-unsaturated/α-hetero) is 1. The molecule has 2 amide bonds. The van der Waals surface area contributed by atoms with Crippen molar-refractivity contribution in [3.8, 4) is 0 Å². The van der Waals surface area contributed by atoms with E-state index in [1.807, 2.05) is 6.07 Å². The maximum absolute atomic E-state index is 11.8. The summed E-state index contributed by atoms with van der Waals surface area (Å²) in [4.78, 5) is 33.8. The van der Waals surface area contributed by atoms with Gasteiger partial charge in [0, 0.05) is 36.0 Å². The van der Waals surface area contributed by atoms with Gasteiger partial charge in [0.25, 0.3) is 5.91 Å². The van der Waals surface area contributed by atoms with Gasteiger partial charge in [0.1, 0.15) is 5.78 Å². The maximum atomic E-state index is 11.8. The van der Waals surface area contributed by atoms with Gasteiger partial charge in [0.05, 0.1) is 0 Å². The van der Waals surface area contributed by atoms with E-state index in [9.17, 15) is 14.4 Å². The number of carbonyl (C=O) groups is 3. The molecule has 0 spiro atoms. The van der Waals surface area contributed by atoms with Gasteiger partial charge in [-0.1, -0.05) is 22.0 Å². The number of ketones is 1. The van der Waals surface area contributed by atoms with Crippen molar-refractivity contribution in [2.45, 2.75) is 19.8 Å². The summed E-state index contributed by atoms with van der Waals surface area (Å²) in [6, 6.07) is 7.06. The lowest BCUT2D eigenvalue weighted by Gasteiger charge is -2.07. The molecule has 1 aromatic carbocycles. The molecule has 0 fully saturated rings. The van der Waals surface area contributed by atoms with Gasteiger partial charge in [-0.3, -0.25) is 9.59 Å². The SMILES string of the molecule is CC(=O)CCC(=O)NCCNC(=O)c1cccc(Br)c1. The lowest BCUT2D eigenvalue weighted by molar-refractivity contribution is -0.124. The van der Waals surface area contributed by atoms with Crippen LogP contribution < -0.4 is 10.6 Å². The van der Waals surface area contributed by atoms with E-state index in [1.54, 1.807) is 18.2 Å². The smallest absolute Gasteiger partial charge is 0.251 e. The molecule has 0 aliphatic rings. The van der Waals surface area contributed by atoms with Crippen LogP contribution in [0, 0.1) is 0 Å². The van der Waals surface area contributed by atoms with E-state index in [4.69, 9.17) is 0 Å². The zero-order chi connectivity index (χ0) is 15.0. The van der Waals surface area contributed by atoms with Crippen LogP contribution in [0.25, 0.3) is 0 Å². The fraction of sp³-hybridized carbons (Fsp3) is 0.357. The molecule has 5 nitrogen and oxygen atoms in total. The molecule has 0 radical (unpaired) electrons. The molecule has 0 heterocycles. The first-order valence-corrected chi connectivity index (χ1v) is 7.08. The number of hydrogen-bond donors (Lipinski definition) is 2. The molecule has 0 bridgehead atoms. The van der Waals surface area contributed by atoms with Gasteiger partial charge in [-0.05, 0) is 25.1 Å². The first-order chi connectivity index (χ1) is 9.49. The Labute approximate surface area is 126 Å². The Bertz CT molecular complexity index is 503. The third-order valence-corrected chi connectivity index (χ3v) is 3.02. The average Bonchev–Trinajstić information content (AvgIpc) is 2.41. The summed E-state index contributed by atoms with van der Waals surface area (Å²) < 4.78 is 0.836. The summed E-state index contributed by atoms with van der Waals surface area (Å²) in [6.07, 6.45) is 0.436. The second-order valence-electron chi connectivity index (χ2n) is 4.32. The molecule has 0 saturated heterocycles. The fourth-order valence-electron chi connectivity index (χ4n) is 1.49. The van der Waals surface area contributed by atoms with Crippen molar-refractivity contribution in [1.29, 1.82) is 0 Å². The average molecular weight is 341 g/mol. The molecule has 0 aromatic heterocycles. The van der Waals surface area contributed by atoms with Crippen molar-refractivity contribution in [2.75, 3.05) is 13.1 Å². The molecular formula is C14H17BrN2O3. The van der Waals surface area contributed by atoms with Crippen molar-refractivity contribution in [2.24, 2.45) is 0 Å². The van der Waals surface area contributed by atoms with Gasteiger partial charge in [-0.25, -0.2) is 0 Å². The summed E-state index contributed by atoms with van der Waals surface area (Å²) in [7, 11) is 0. The Morgan fingerprint density at radius 1 is 1.10 bits per heavy atom. The minimum absolute atomic E-state index is 0.0110. The number of hydrogen-bond acceptors (Lipinski definition) is 3. The summed E-state index contributed by atoms with van der Waals surface area (Å²) in [5.74, 6) is -0.385. The predicted octanol–water partition coefficient (Wildman–Crippen LogP) is 1.66. The summed E-state index contributed by atoms with van der Waals surface area (Å²) in [6.45, 7) is 2.14. The van der Waals surface area contributed by atoms with E-state index in [2.05, 4.69) is 26.6 Å². The van der Waals surface area contributed by atoms with Crippen molar-refractivity contribution in [1.82, 2.24) is 10.6 Å². The molecule has 0 aliphatic heterocycles. The van der Waals surface area contributed by atoms with E-state index < -0.39 is 0 Å². The third-order valence-electron chi connectivity index (χ3n) is 2.52. The standard InChI is InChI=1S/C14H17BrN2O3/c1-10(18)5-6-13(19)16-7-8-17-14(20)11-3-2-4-12(15)9-11/h2-4,9H,5-8H2,1H3,(H,16,19)(H,17,20). The highest BCUT2D eigenvalue weighted by Gasteiger charge is 2.06. The van der Waals surface area contributed by atoms with E-state index in [-0.39, 0.29) is 30.4 Å². The lowest BCUT2D eigenvalue weighted by Crippen LogP contribution is -2.34. The van der Waals surface area contributed by atoms with Crippen molar-refractivity contribution >= 4 is 33.5 Å². The summed E-state index contributed by atoms with van der Waals surface area (Å²) in [5.41, 5.74) is 0.558. The molecule has 108 valence electrons. The second kappa shape index (κ2) is 8.47. The van der Waals surface area contributed by atoms with Crippen molar-refractivity contribution in [3.63, 3.8) is 0 Å². The van der Waals surface area contributed by atoms with Gasteiger partial charge in [0.2, 0.25) is 5.91 Å². The van der Waals surface area contributed by atoms with Crippen LogP contribution in [0.1, 0.15) is 30.1 Å². The highest BCUT2D eigenvalue weighted by atomic mass is 79.9. The van der Waals surface area contributed by atoms with Gasteiger partial charge < -0.3 is 15.4 Å². The molecule has 2 N–H and O–H groups in total. The van der Waals surface area contributed by atoms with Crippen LogP contribution in [0.2, 0.25) is 0 Å². The Balaban J connectivity index is 2.22. The highest BCUT2D eigenvalue weighted by Crippen LogP contribution is 2.11. The van der Waals surface area contributed by atoms with E-state index in [0.717, 1.165) is 4.47 Å². The Hall–Kier alpha value is -1.69. The van der Waals surface area contributed by atoms with Gasteiger partial charge in [0.15, 0.2) is 0 Å². The van der Waals surface area contributed by atoms with E-state index in [0.29, 0.717) is 18.7 Å². The van der Waals surface area contributed by atoms with Crippen LogP contribution in [0.5, 0.6) is 0 Å². The molecule has 1 aromatic rings. The van der Waals surface area contributed by atoms with Gasteiger partial charge >= 0.3 is 0 Å². The lowest BCUT2D eigenvalue weighted by atomic mass is 10.2. The monoisotopic (exact) mass is 340 g/mol. The quantitative estimate of drug-likeness (QED) is 0.741.